The number of nitrogens with zero attached hydrogens (tertiary/aromatic N) is 4. The van der Waals surface area contributed by atoms with E-state index in [0.717, 1.165) is 55.5 Å². The molecule has 9 aromatic carbocycles. The van der Waals surface area contributed by atoms with Crippen molar-refractivity contribution < 1.29 is 0 Å². The van der Waals surface area contributed by atoms with Crippen LogP contribution in [0.5, 0.6) is 0 Å². The van der Waals surface area contributed by atoms with Crippen molar-refractivity contribution in [1.82, 2.24) is 19.9 Å². The molecule has 0 aliphatic carbocycles. The van der Waals surface area contributed by atoms with Crippen molar-refractivity contribution in [2.45, 2.75) is 0 Å². The minimum absolute atomic E-state index is 0.612. The van der Waals surface area contributed by atoms with E-state index in [1.165, 1.54) is 47.3 Å². The van der Waals surface area contributed by atoms with Crippen LogP contribution >= 0.6 is 11.3 Å². The fourth-order valence-electron chi connectivity index (χ4n) is 8.79. The number of thiophene rings is 1. The third kappa shape index (κ3) is 6.05. The van der Waals surface area contributed by atoms with E-state index in [9.17, 15) is 0 Å². The Morgan fingerprint density at radius 2 is 0.836 bits per heavy atom. The first-order valence-corrected chi connectivity index (χ1v) is 21.3. The molecule has 0 aliphatic rings. The number of hydrogen-bond donors (Lipinski definition) is 0. The summed E-state index contributed by atoms with van der Waals surface area (Å²) in [6.45, 7) is 0. The van der Waals surface area contributed by atoms with Gasteiger partial charge < -0.3 is 0 Å². The lowest BCUT2D eigenvalue weighted by molar-refractivity contribution is 1.07. The molecule has 5 heteroatoms. The monoisotopic (exact) mass is 794 g/mol. The van der Waals surface area contributed by atoms with Gasteiger partial charge >= 0.3 is 0 Å². The summed E-state index contributed by atoms with van der Waals surface area (Å²) in [7, 11) is 0. The Bertz CT molecular complexity index is 3640. The van der Waals surface area contributed by atoms with Crippen molar-refractivity contribution in [3.05, 3.63) is 206 Å². The summed E-state index contributed by atoms with van der Waals surface area (Å²) >= 11 is 1.83. The van der Waals surface area contributed by atoms with Gasteiger partial charge in [-0.1, -0.05) is 188 Å². The summed E-state index contributed by atoms with van der Waals surface area (Å²) in [6.07, 6.45) is 0. The smallest absolute Gasteiger partial charge is 0.164 e. The minimum Gasteiger partial charge on any atom is -0.246 e. The SMILES string of the molecule is c1ccc(-c2ccc(-c3nc(-c4ccccc4)nc(-c4cccc(-c5cccc6c5nc(-c5cc7ccccc7c7ccccc57)c5sc7ccccc7c56)c4)n3)cc2)cc1. The summed E-state index contributed by atoms with van der Waals surface area (Å²) in [5.41, 5.74) is 10.3. The molecule has 4 nitrogen and oxygen atoms in total. The maximum absolute atomic E-state index is 5.71. The number of hydrogen-bond acceptors (Lipinski definition) is 5. The summed E-state index contributed by atoms with van der Waals surface area (Å²) in [5.74, 6) is 1.87. The van der Waals surface area contributed by atoms with Gasteiger partial charge in [-0.25, -0.2) is 19.9 Å². The number of pyridine rings is 1. The largest absolute Gasteiger partial charge is 0.246 e. The highest BCUT2D eigenvalue weighted by atomic mass is 32.1. The van der Waals surface area contributed by atoms with Crippen molar-refractivity contribution >= 4 is 64.0 Å². The van der Waals surface area contributed by atoms with Gasteiger partial charge in [-0.3, -0.25) is 0 Å². The summed E-state index contributed by atoms with van der Waals surface area (Å²) < 4.78 is 2.45. The molecule has 0 N–H and O–H groups in total. The van der Waals surface area contributed by atoms with Crippen molar-refractivity contribution in [2.75, 3.05) is 0 Å². The van der Waals surface area contributed by atoms with Crippen LogP contribution in [0.2, 0.25) is 0 Å². The highest BCUT2D eigenvalue weighted by Crippen LogP contribution is 2.46. The zero-order valence-corrected chi connectivity index (χ0v) is 33.6. The van der Waals surface area contributed by atoms with E-state index in [4.69, 9.17) is 19.9 Å². The molecule has 0 unspecified atom stereocenters. The van der Waals surface area contributed by atoms with Crippen molar-refractivity contribution in [3.63, 3.8) is 0 Å². The molecule has 0 amide bonds. The van der Waals surface area contributed by atoms with E-state index in [0.29, 0.717) is 17.5 Å². The highest BCUT2D eigenvalue weighted by molar-refractivity contribution is 7.26. The molecule has 12 aromatic rings. The van der Waals surface area contributed by atoms with Gasteiger partial charge in [0.15, 0.2) is 17.5 Å². The fourth-order valence-corrected chi connectivity index (χ4v) is 10.0. The van der Waals surface area contributed by atoms with Gasteiger partial charge in [-0.05, 0) is 56.4 Å². The third-order valence-corrected chi connectivity index (χ3v) is 12.9. The minimum atomic E-state index is 0.612. The Labute approximate surface area is 356 Å². The van der Waals surface area contributed by atoms with E-state index in [1.807, 2.05) is 47.7 Å². The second-order valence-electron chi connectivity index (χ2n) is 15.4. The predicted octanol–water partition coefficient (Wildman–Crippen LogP) is 15.1. The quantitative estimate of drug-likeness (QED) is 0.157. The second-order valence-corrected chi connectivity index (χ2v) is 16.4. The number of aromatic nitrogens is 4. The average Bonchev–Trinajstić information content (AvgIpc) is 3.74. The molecule has 0 radical (unpaired) electrons. The Morgan fingerprint density at radius 3 is 1.61 bits per heavy atom. The Morgan fingerprint density at radius 1 is 0.311 bits per heavy atom. The van der Waals surface area contributed by atoms with Crippen LogP contribution in [0, 0.1) is 0 Å². The first kappa shape index (κ1) is 35.1. The maximum atomic E-state index is 5.71. The lowest BCUT2D eigenvalue weighted by Gasteiger charge is -2.15. The number of fused-ring (bicyclic) bond motifs is 8. The zero-order valence-electron chi connectivity index (χ0n) is 32.8. The van der Waals surface area contributed by atoms with Gasteiger partial charge in [0.25, 0.3) is 0 Å². The van der Waals surface area contributed by atoms with E-state index in [-0.39, 0.29) is 0 Å². The van der Waals surface area contributed by atoms with Gasteiger partial charge in [-0.15, -0.1) is 11.3 Å². The van der Waals surface area contributed by atoms with Gasteiger partial charge in [0.2, 0.25) is 0 Å². The first-order chi connectivity index (χ1) is 30.2. The van der Waals surface area contributed by atoms with Crippen LogP contribution in [-0.4, -0.2) is 19.9 Å². The van der Waals surface area contributed by atoms with Crippen LogP contribution in [0.1, 0.15) is 0 Å². The standard InChI is InChI=1S/C56H34N4S/c1-3-15-35(16-4-1)36-29-31-38(32-30-36)55-58-54(37-17-5-2-6-18-37)59-56(60-55)41-21-13-20-39(33-41)43-26-14-27-47-50-46-25-11-12-28-49(46)61-53(50)52(57-51(43)47)48-34-40-19-7-8-22-42(40)44-23-9-10-24-45(44)48/h1-34H. The van der Waals surface area contributed by atoms with E-state index in [1.54, 1.807) is 0 Å². The van der Waals surface area contributed by atoms with Crippen molar-refractivity contribution in [3.8, 4) is 67.7 Å². The topological polar surface area (TPSA) is 51.6 Å². The number of rotatable bonds is 6. The lowest BCUT2D eigenvalue weighted by atomic mass is 9.93. The van der Waals surface area contributed by atoms with Crippen molar-refractivity contribution in [1.29, 1.82) is 0 Å². The molecule has 3 heterocycles. The fraction of sp³-hybridized carbons (Fsp3) is 0. The molecule has 0 saturated heterocycles. The Kier molecular flexibility index (Phi) is 8.32. The highest BCUT2D eigenvalue weighted by Gasteiger charge is 2.21. The molecule has 3 aromatic heterocycles. The molecule has 0 aliphatic heterocycles. The van der Waals surface area contributed by atoms with Gasteiger partial charge in [0.1, 0.15) is 0 Å². The third-order valence-electron chi connectivity index (χ3n) is 11.7. The molecule has 0 bridgehead atoms. The summed E-state index contributed by atoms with van der Waals surface area (Å²) in [5, 5.41) is 8.49. The summed E-state index contributed by atoms with van der Waals surface area (Å²) in [4.78, 5) is 21.0. The second kappa shape index (κ2) is 14.5. The molecule has 61 heavy (non-hydrogen) atoms. The zero-order chi connectivity index (χ0) is 40.3. The molecule has 0 fully saturated rings. The summed E-state index contributed by atoms with van der Waals surface area (Å²) in [6, 6.07) is 72.6. The molecule has 0 saturated carbocycles. The van der Waals surface area contributed by atoms with E-state index >= 15 is 0 Å². The molecule has 0 spiro atoms. The van der Waals surface area contributed by atoms with E-state index < -0.39 is 0 Å². The van der Waals surface area contributed by atoms with Crippen molar-refractivity contribution in [2.24, 2.45) is 0 Å². The van der Waals surface area contributed by atoms with Crippen LogP contribution in [0.3, 0.4) is 0 Å². The molecular formula is C56H34N4S. The Balaban J connectivity index is 1.06. The molecule has 284 valence electrons. The average molecular weight is 795 g/mol. The van der Waals surface area contributed by atoms with Crippen LogP contribution in [-0.2, 0) is 0 Å². The lowest BCUT2D eigenvalue weighted by Crippen LogP contribution is -2.00. The maximum Gasteiger partial charge on any atom is 0.164 e. The van der Waals surface area contributed by atoms with Gasteiger partial charge in [0.05, 0.1) is 15.9 Å². The van der Waals surface area contributed by atoms with Crippen LogP contribution in [0.4, 0.5) is 0 Å². The normalized spacial score (nSPS) is 11.6. The number of benzene rings is 9. The molecule has 0 atom stereocenters. The van der Waals surface area contributed by atoms with Crippen LogP contribution in [0.25, 0.3) is 120 Å². The van der Waals surface area contributed by atoms with Gasteiger partial charge in [0, 0.05) is 48.7 Å². The number of para-hydroxylation sites is 1. The molecular weight excluding hydrogens is 761 g/mol. The van der Waals surface area contributed by atoms with Crippen LogP contribution in [0.15, 0.2) is 206 Å². The Hall–Kier alpha value is -7.86. The first-order valence-electron chi connectivity index (χ1n) is 20.5. The molecule has 12 rings (SSSR count). The van der Waals surface area contributed by atoms with Crippen LogP contribution < -0.4 is 0 Å². The predicted molar refractivity (Wildman–Crippen MR) is 256 cm³/mol. The van der Waals surface area contributed by atoms with Gasteiger partial charge in [-0.2, -0.15) is 0 Å². The van der Waals surface area contributed by atoms with E-state index in [2.05, 4.69) is 170 Å².